The fraction of sp³-hybridized carbons (Fsp3) is 0.238. The van der Waals surface area contributed by atoms with Crippen LogP contribution in [0.3, 0.4) is 0 Å². The fourth-order valence-electron chi connectivity index (χ4n) is 2.91. The molecule has 2 aromatic heterocycles. The van der Waals surface area contributed by atoms with Gasteiger partial charge in [0.25, 0.3) is 0 Å². The molecule has 4 aromatic rings. The van der Waals surface area contributed by atoms with Gasteiger partial charge in [-0.15, -0.1) is 10.2 Å². The van der Waals surface area contributed by atoms with E-state index in [1.807, 2.05) is 61.5 Å². The number of rotatable bonds is 8. The van der Waals surface area contributed by atoms with E-state index < -0.39 is 0 Å². The minimum Gasteiger partial charge on any atom is -0.494 e. The van der Waals surface area contributed by atoms with Gasteiger partial charge < -0.3 is 13.8 Å². The van der Waals surface area contributed by atoms with Gasteiger partial charge in [0.1, 0.15) is 5.75 Å². The first-order valence-corrected chi connectivity index (χ1v) is 10.4. The van der Waals surface area contributed by atoms with Crippen LogP contribution < -0.4 is 4.74 Å². The predicted molar refractivity (Wildman–Crippen MR) is 112 cm³/mol. The molecule has 0 N–H and O–H groups in total. The van der Waals surface area contributed by atoms with Crippen molar-refractivity contribution >= 4 is 11.8 Å². The molecule has 0 aliphatic rings. The molecule has 0 radical (unpaired) electrons. The summed E-state index contributed by atoms with van der Waals surface area (Å²) in [6.45, 7) is 5.45. The van der Waals surface area contributed by atoms with E-state index in [2.05, 4.69) is 31.8 Å². The quantitative estimate of drug-likeness (QED) is 0.392. The van der Waals surface area contributed by atoms with Crippen molar-refractivity contribution in [3.05, 3.63) is 60.5 Å². The van der Waals surface area contributed by atoms with Gasteiger partial charge in [-0.25, -0.2) is 0 Å². The Bertz CT molecular complexity index is 1060. The van der Waals surface area contributed by atoms with Gasteiger partial charge >= 0.3 is 0 Å². The van der Waals surface area contributed by atoms with E-state index in [4.69, 9.17) is 9.26 Å². The lowest BCUT2D eigenvalue weighted by molar-refractivity contribution is 0.340. The molecule has 0 bridgehead atoms. The standard InChI is InChI=1S/C21H21N5O2S/c1-3-26-20(16-8-6-5-7-9-16)23-24-21(26)29-14-18-22-19(25-28-18)15-10-12-17(13-11-15)27-4-2/h5-13H,3-4,14H2,1-2H3. The molecule has 0 saturated carbocycles. The van der Waals surface area contributed by atoms with Crippen LogP contribution in [0.4, 0.5) is 0 Å². The van der Waals surface area contributed by atoms with Gasteiger partial charge in [0, 0.05) is 17.7 Å². The van der Waals surface area contributed by atoms with Crippen LogP contribution in [0, 0.1) is 0 Å². The second-order valence-electron chi connectivity index (χ2n) is 6.17. The van der Waals surface area contributed by atoms with E-state index >= 15 is 0 Å². The predicted octanol–water partition coefficient (Wildman–Crippen LogP) is 4.71. The summed E-state index contributed by atoms with van der Waals surface area (Å²) in [6.07, 6.45) is 0. The highest BCUT2D eigenvalue weighted by Gasteiger charge is 2.15. The van der Waals surface area contributed by atoms with Crippen LogP contribution in [-0.4, -0.2) is 31.5 Å². The van der Waals surface area contributed by atoms with Gasteiger partial charge in [-0.2, -0.15) is 4.98 Å². The van der Waals surface area contributed by atoms with Gasteiger partial charge in [-0.3, -0.25) is 0 Å². The SMILES string of the molecule is CCOc1ccc(-c2noc(CSc3nnc(-c4ccccc4)n3CC)n2)cc1. The van der Waals surface area contributed by atoms with E-state index in [1.54, 1.807) is 0 Å². The number of benzene rings is 2. The van der Waals surface area contributed by atoms with Gasteiger partial charge in [-0.1, -0.05) is 47.3 Å². The number of hydrogen-bond donors (Lipinski definition) is 0. The summed E-state index contributed by atoms with van der Waals surface area (Å²) in [5.41, 5.74) is 1.93. The number of hydrogen-bond acceptors (Lipinski definition) is 7. The Kier molecular flexibility index (Phi) is 5.90. The highest BCUT2D eigenvalue weighted by molar-refractivity contribution is 7.98. The van der Waals surface area contributed by atoms with Crippen molar-refractivity contribution in [3.8, 4) is 28.5 Å². The van der Waals surface area contributed by atoms with E-state index in [1.165, 1.54) is 11.8 Å². The summed E-state index contributed by atoms with van der Waals surface area (Å²) in [5.74, 6) is 3.31. The Morgan fingerprint density at radius 1 is 0.966 bits per heavy atom. The Hall–Kier alpha value is -3.13. The molecular formula is C21H21N5O2S. The van der Waals surface area contributed by atoms with Crippen molar-refractivity contribution in [1.82, 2.24) is 24.9 Å². The second kappa shape index (κ2) is 8.91. The normalized spacial score (nSPS) is 11.0. The average molecular weight is 407 g/mol. The van der Waals surface area contributed by atoms with Crippen molar-refractivity contribution < 1.29 is 9.26 Å². The highest BCUT2D eigenvalue weighted by atomic mass is 32.2. The molecule has 2 aromatic carbocycles. The first-order chi connectivity index (χ1) is 14.3. The number of thioether (sulfide) groups is 1. The third-order valence-corrected chi connectivity index (χ3v) is 5.23. The first-order valence-electron chi connectivity index (χ1n) is 9.45. The molecule has 8 heteroatoms. The molecule has 4 rings (SSSR count). The van der Waals surface area contributed by atoms with E-state index in [0.717, 1.165) is 34.4 Å². The van der Waals surface area contributed by atoms with Crippen molar-refractivity contribution in [2.75, 3.05) is 6.61 Å². The summed E-state index contributed by atoms with van der Waals surface area (Å²) in [7, 11) is 0. The Morgan fingerprint density at radius 2 is 1.76 bits per heavy atom. The minimum atomic E-state index is 0.525. The van der Waals surface area contributed by atoms with E-state index in [0.29, 0.717) is 24.1 Å². The maximum atomic E-state index is 5.46. The summed E-state index contributed by atoms with van der Waals surface area (Å²) < 4.78 is 13.0. The van der Waals surface area contributed by atoms with Gasteiger partial charge in [-0.05, 0) is 38.1 Å². The maximum absolute atomic E-state index is 5.46. The lowest BCUT2D eigenvalue weighted by Gasteiger charge is -2.06. The third-order valence-electron chi connectivity index (χ3n) is 4.28. The smallest absolute Gasteiger partial charge is 0.237 e. The molecule has 0 saturated heterocycles. The lowest BCUT2D eigenvalue weighted by atomic mass is 10.2. The molecule has 148 valence electrons. The topological polar surface area (TPSA) is 78.9 Å². The molecule has 0 unspecified atom stereocenters. The summed E-state index contributed by atoms with van der Waals surface area (Å²) in [5, 5.41) is 13.6. The molecule has 0 fully saturated rings. The van der Waals surface area contributed by atoms with Crippen LogP contribution >= 0.6 is 11.8 Å². The maximum Gasteiger partial charge on any atom is 0.237 e. The number of ether oxygens (including phenoxy) is 1. The minimum absolute atomic E-state index is 0.525. The van der Waals surface area contributed by atoms with Crippen molar-refractivity contribution in [2.45, 2.75) is 31.3 Å². The van der Waals surface area contributed by atoms with E-state index in [9.17, 15) is 0 Å². The largest absolute Gasteiger partial charge is 0.494 e. The third kappa shape index (κ3) is 4.32. The molecule has 7 nitrogen and oxygen atoms in total. The molecule has 0 amide bonds. The van der Waals surface area contributed by atoms with E-state index in [-0.39, 0.29) is 0 Å². The molecular weight excluding hydrogens is 386 g/mol. The zero-order valence-corrected chi connectivity index (χ0v) is 17.1. The van der Waals surface area contributed by atoms with Gasteiger partial charge in [0.15, 0.2) is 11.0 Å². The second-order valence-corrected chi connectivity index (χ2v) is 7.12. The van der Waals surface area contributed by atoms with Crippen LogP contribution in [0.25, 0.3) is 22.8 Å². The Labute approximate surface area is 173 Å². The van der Waals surface area contributed by atoms with Crippen LogP contribution in [0.2, 0.25) is 0 Å². The van der Waals surface area contributed by atoms with Gasteiger partial charge in [0.05, 0.1) is 12.4 Å². The van der Waals surface area contributed by atoms with Crippen molar-refractivity contribution in [1.29, 1.82) is 0 Å². The zero-order chi connectivity index (χ0) is 20.1. The first kappa shape index (κ1) is 19.2. The summed E-state index contributed by atoms with van der Waals surface area (Å²) in [6, 6.07) is 17.7. The molecule has 2 heterocycles. The molecule has 0 aliphatic heterocycles. The van der Waals surface area contributed by atoms with Crippen LogP contribution in [-0.2, 0) is 12.3 Å². The van der Waals surface area contributed by atoms with Crippen LogP contribution in [0.1, 0.15) is 19.7 Å². The lowest BCUT2D eigenvalue weighted by Crippen LogP contribution is -1.99. The van der Waals surface area contributed by atoms with Crippen molar-refractivity contribution in [3.63, 3.8) is 0 Å². The molecule has 29 heavy (non-hydrogen) atoms. The average Bonchev–Trinajstić information content (AvgIpc) is 3.40. The van der Waals surface area contributed by atoms with Crippen LogP contribution in [0.15, 0.2) is 64.3 Å². The molecule has 0 spiro atoms. The monoisotopic (exact) mass is 407 g/mol. The Morgan fingerprint density at radius 3 is 2.48 bits per heavy atom. The van der Waals surface area contributed by atoms with Crippen molar-refractivity contribution in [2.24, 2.45) is 0 Å². The fourth-order valence-corrected chi connectivity index (χ4v) is 3.75. The Balaban J connectivity index is 1.46. The van der Waals surface area contributed by atoms with Gasteiger partial charge in [0.2, 0.25) is 11.7 Å². The molecule has 0 atom stereocenters. The van der Waals surface area contributed by atoms with Crippen LogP contribution in [0.5, 0.6) is 5.75 Å². The summed E-state index contributed by atoms with van der Waals surface area (Å²) in [4.78, 5) is 4.49. The zero-order valence-electron chi connectivity index (χ0n) is 16.3. The highest BCUT2D eigenvalue weighted by Crippen LogP contribution is 2.27. The number of nitrogens with zero attached hydrogens (tertiary/aromatic N) is 5. The molecule has 0 aliphatic carbocycles. The summed E-state index contributed by atoms with van der Waals surface area (Å²) >= 11 is 1.53. The number of aromatic nitrogens is 5.